The van der Waals surface area contributed by atoms with E-state index >= 15 is 0 Å². The second-order valence-electron chi connectivity index (χ2n) is 4.60. The third kappa shape index (κ3) is 2.47. The van der Waals surface area contributed by atoms with Gasteiger partial charge in [-0.05, 0) is 0 Å². The fraction of sp³-hybridized carbons (Fsp3) is 0.154. The van der Waals surface area contributed by atoms with E-state index in [-0.39, 0.29) is 22.3 Å². The number of hydrogen-bond acceptors (Lipinski definition) is 5. The first-order valence-electron chi connectivity index (χ1n) is 6.39. The van der Waals surface area contributed by atoms with Gasteiger partial charge >= 0.3 is 0 Å². The van der Waals surface area contributed by atoms with Gasteiger partial charge in [0, 0.05) is 26.2 Å². The number of hydrazine groups is 1. The third-order valence-corrected chi connectivity index (χ3v) is 3.54. The van der Waals surface area contributed by atoms with Gasteiger partial charge in [-0.2, -0.15) is 19.6 Å². The largest absolute Gasteiger partial charge is 0.295 e. The molecule has 0 bridgehead atoms. The Morgan fingerprint density at radius 2 is 1.83 bits per heavy atom. The van der Waals surface area contributed by atoms with E-state index in [2.05, 4.69) is 20.5 Å². The lowest BCUT2D eigenvalue weighted by Gasteiger charge is -2.22. The maximum Gasteiger partial charge on any atom is 0.255 e. The first-order valence-corrected chi connectivity index (χ1v) is 6.77. The van der Waals surface area contributed by atoms with Gasteiger partial charge in [-0.1, -0.05) is 11.6 Å². The Kier molecular flexibility index (Phi) is 3.82. The molecule has 23 heavy (non-hydrogen) atoms. The molecule has 1 aromatic carbocycles. The smallest absolute Gasteiger partial charge is 0.255 e. The highest BCUT2D eigenvalue weighted by atomic mass is 35.5. The lowest BCUT2D eigenvalue weighted by Crippen LogP contribution is -2.33. The van der Waals surface area contributed by atoms with Crippen LogP contribution in [0.5, 0.6) is 0 Å². The molecule has 3 rings (SSSR count). The first-order chi connectivity index (χ1) is 10.9. The molecule has 0 atom stereocenters. The van der Waals surface area contributed by atoms with E-state index in [1.165, 1.54) is 15.9 Å². The number of fused-ring (bicyclic) bond motifs is 1. The molecule has 0 radical (unpaired) electrons. The Bertz CT molecular complexity index is 874. The van der Waals surface area contributed by atoms with Crippen LogP contribution in [-0.4, -0.2) is 33.7 Å². The van der Waals surface area contributed by atoms with Gasteiger partial charge in [0.15, 0.2) is 5.82 Å². The Morgan fingerprint density at radius 1 is 1.17 bits per heavy atom. The van der Waals surface area contributed by atoms with Crippen molar-refractivity contribution < 1.29 is 13.2 Å². The second kappa shape index (κ2) is 5.67. The number of hydrogen-bond donors (Lipinski definition) is 1. The van der Waals surface area contributed by atoms with Gasteiger partial charge in [0.25, 0.3) is 5.78 Å². The van der Waals surface area contributed by atoms with Crippen molar-refractivity contribution in [1.82, 2.24) is 25.0 Å². The third-order valence-electron chi connectivity index (χ3n) is 3.27. The molecule has 0 saturated carbocycles. The SMILES string of the molecule is CNN(C)c1c(-c2c(F)cc(F)cc2F)c(Cl)nc2ncnn12. The summed E-state index contributed by atoms with van der Waals surface area (Å²) in [6, 6.07) is 1.15. The molecule has 0 aliphatic heterocycles. The molecule has 1 N–H and O–H groups in total. The van der Waals surface area contributed by atoms with E-state index in [9.17, 15) is 13.2 Å². The van der Waals surface area contributed by atoms with Gasteiger partial charge in [0.2, 0.25) is 0 Å². The number of nitrogens with zero attached hydrogens (tertiary/aromatic N) is 5. The first kappa shape index (κ1) is 15.5. The van der Waals surface area contributed by atoms with Crippen LogP contribution in [-0.2, 0) is 0 Å². The topological polar surface area (TPSA) is 58.3 Å². The summed E-state index contributed by atoms with van der Waals surface area (Å²) in [7, 11) is 3.19. The van der Waals surface area contributed by atoms with Crippen molar-refractivity contribution in [2.24, 2.45) is 0 Å². The minimum absolute atomic E-state index is 0.0727. The van der Waals surface area contributed by atoms with Crippen LogP contribution in [0.1, 0.15) is 0 Å². The number of halogens is 4. The predicted octanol–water partition coefficient (Wildman–Crippen LogP) is 2.43. The van der Waals surface area contributed by atoms with Crippen LogP contribution in [0.15, 0.2) is 18.5 Å². The van der Waals surface area contributed by atoms with E-state index in [1.54, 1.807) is 14.1 Å². The van der Waals surface area contributed by atoms with Crippen LogP contribution < -0.4 is 10.4 Å². The number of rotatable bonds is 3. The van der Waals surface area contributed by atoms with Crippen LogP contribution in [0.25, 0.3) is 16.9 Å². The fourth-order valence-corrected chi connectivity index (χ4v) is 2.47. The van der Waals surface area contributed by atoms with Gasteiger partial charge < -0.3 is 0 Å². The Hall–Kier alpha value is -2.39. The zero-order valence-corrected chi connectivity index (χ0v) is 12.7. The van der Waals surface area contributed by atoms with Crippen LogP contribution >= 0.6 is 11.6 Å². The van der Waals surface area contributed by atoms with Gasteiger partial charge in [-0.25, -0.2) is 18.6 Å². The van der Waals surface area contributed by atoms with Crippen molar-refractivity contribution in [3.63, 3.8) is 0 Å². The van der Waals surface area contributed by atoms with E-state index in [0.29, 0.717) is 12.1 Å². The van der Waals surface area contributed by atoms with Gasteiger partial charge in [0.1, 0.15) is 28.9 Å². The summed E-state index contributed by atoms with van der Waals surface area (Å²) < 4.78 is 42.8. The van der Waals surface area contributed by atoms with Crippen molar-refractivity contribution in [2.45, 2.75) is 0 Å². The zero-order chi connectivity index (χ0) is 16.7. The molecule has 0 fully saturated rings. The number of benzene rings is 1. The van der Waals surface area contributed by atoms with Crippen molar-refractivity contribution in [1.29, 1.82) is 0 Å². The molecule has 0 unspecified atom stereocenters. The van der Waals surface area contributed by atoms with Crippen LogP contribution in [0.3, 0.4) is 0 Å². The molecule has 0 aliphatic carbocycles. The quantitative estimate of drug-likeness (QED) is 0.585. The average molecular weight is 343 g/mol. The summed E-state index contributed by atoms with van der Waals surface area (Å²) in [5, 5.41) is 5.22. The molecule has 10 heteroatoms. The second-order valence-corrected chi connectivity index (χ2v) is 4.96. The predicted molar refractivity (Wildman–Crippen MR) is 78.6 cm³/mol. The summed E-state index contributed by atoms with van der Waals surface area (Å²) in [6.45, 7) is 0. The normalized spacial score (nSPS) is 11.2. The molecule has 6 nitrogen and oxygen atoms in total. The maximum atomic E-state index is 14.2. The van der Waals surface area contributed by atoms with E-state index in [0.717, 1.165) is 0 Å². The highest BCUT2D eigenvalue weighted by Crippen LogP contribution is 2.38. The molecule has 0 aliphatic rings. The maximum absolute atomic E-state index is 14.2. The van der Waals surface area contributed by atoms with Crippen molar-refractivity contribution in [2.75, 3.05) is 19.1 Å². The lowest BCUT2D eigenvalue weighted by atomic mass is 10.1. The molecule has 2 heterocycles. The summed E-state index contributed by atoms with van der Waals surface area (Å²) >= 11 is 6.11. The van der Waals surface area contributed by atoms with Crippen molar-refractivity contribution >= 4 is 23.2 Å². The lowest BCUT2D eigenvalue weighted by molar-refractivity contribution is 0.547. The van der Waals surface area contributed by atoms with E-state index in [1.807, 2.05) is 0 Å². The minimum atomic E-state index is -1.10. The van der Waals surface area contributed by atoms with Gasteiger partial charge in [-0.3, -0.25) is 5.01 Å². The Morgan fingerprint density at radius 3 is 2.43 bits per heavy atom. The summed E-state index contributed by atoms with van der Waals surface area (Å²) in [5.74, 6) is -2.88. The van der Waals surface area contributed by atoms with Crippen molar-refractivity contribution in [3.8, 4) is 11.1 Å². The van der Waals surface area contributed by atoms with Gasteiger partial charge in [0.05, 0.1) is 11.1 Å². The standard InChI is InChI=1S/C13H10ClF3N6/c1-18-22(2)12-10(9-7(16)3-6(15)4-8(9)17)11(14)21-13-19-5-20-23(12)13/h3-5,18H,1-2H3. The minimum Gasteiger partial charge on any atom is -0.295 e. The monoisotopic (exact) mass is 342 g/mol. The molecular weight excluding hydrogens is 333 g/mol. The fourth-order valence-electron chi connectivity index (χ4n) is 2.21. The highest BCUT2D eigenvalue weighted by molar-refractivity contribution is 6.33. The molecule has 0 spiro atoms. The Balaban J connectivity index is 2.44. The average Bonchev–Trinajstić information content (AvgIpc) is 2.93. The molecule has 2 aromatic heterocycles. The van der Waals surface area contributed by atoms with Crippen molar-refractivity contribution in [3.05, 3.63) is 41.1 Å². The van der Waals surface area contributed by atoms with Gasteiger partial charge in [-0.15, -0.1) is 0 Å². The zero-order valence-electron chi connectivity index (χ0n) is 12.0. The number of aromatic nitrogens is 4. The highest BCUT2D eigenvalue weighted by Gasteiger charge is 2.25. The number of nitrogens with one attached hydrogen (secondary N) is 1. The molecule has 3 aromatic rings. The summed E-state index contributed by atoms with van der Waals surface area (Å²) in [6.07, 6.45) is 1.23. The van der Waals surface area contributed by atoms with Crippen LogP contribution in [0.2, 0.25) is 5.15 Å². The molecule has 0 saturated heterocycles. The molecule has 120 valence electrons. The van der Waals surface area contributed by atoms with Crippen LogP contribution in [0.4, 0.5) is 19.0 Å². The molecule has 0 amide bonds. The van der Waals surface area contributed by atoms with E-state index in [4.69, 9.17) is 11.6 Å². The Labute approximate surface area is 133 Å². The summed E-state index contributed by atoms with van der Waals surface area (Å²) in [5.41, 5.74) is 2.22. The number of anilines is 1. The van der Waals surface area contributed by atoms with Crippen LogP contribution in [0, 0.1) is 17.5 Å². The van der Waals surface area contributed by atoms with E-state index < -0.39 is 23.0 Å². The summed E-state index contributed by atoms with van der Waals surface area (Å²) in [4.78, 5) is 7.87. The molecular formula is C13H10ClF3N6.